The molecule has 1 aromatic carbocycles. The normalized spacial score (nSPS) is 18.6. The Labute approximate surface area is 137 Å². The molecular weight excluding hydrogens is 323 g/mol. The first-order chi connectivity index (χ1) is 11.2. The zero-order valence-electron chi connectivity index (χ0n) is 13.1. The molecule has 0 aliphatic carbocycles. The van der Waals surface area contributed by atoms with E-state index in [9.17, 15) is 23.1 Å². The molecule has 130 valence electrons. The number of carbonyl (C=O) groups is 1. The Morgan fingerprint density at radius 2 is 1.88 bits per heavy atom. The monoisotopic (exact) mass is 341 g/mol. The van der Waals surface area contributed by atoms with E-state index in [0.29, 0.717) is 5.56 Å². The van der Waals surface area contributed by atoms with Crippen molar-refractivity contribution in [3.8, 4) is 6.07 Å². The number of nitriles is 1. The van der Waals surface area contributed by atoms with Gasteiger partial charge in [0.25, 0.3) is 0 Å². The van der Waals surface area contributed by atoms with Gasteiger partial charge in [0, 0.05) is 25.9 Å². The lowest BCUT2D eigenvalue weighted by atomic mass is 9.91. The molecule has 0 bridgehead atoms. The van der Waals surface area contributed by atoms with Crippen molar-refractivity contribution in [1.82, 2.24) is 10.2 Å². The van der Waals surface area contributed by atoms with Crippen LogP contribution < -0.4 is 5.32 Å². The van der Waals surface area contributed by atoms with E-state index in [1.54, 1.807) is 31.2 Å². The maximum Gasteiger partial charge on any atom is 0.417 e. The molecule has 0 radical (unpaired) electrons. The van der Waals surface area contributed by atoms with E-state index in [0.717, 1.165) is 5.56 Å². The number of nitrogens with one attached hydrogen (secondary N) is 1. The van der Waals surface area contributed by atoms with Crippen LogP contribution in [0.1, 0.15) is 36.9 Å². The summed E-state index contributed by atoms with van der Waals surface area (Å²) in [5, 5.41) is 21.1. The van der Waals surface area contributed by atoms with Gasteiger partial charge in [0.1, 0.15) is 0 Å². The topological polar surface area (TPSA) is 76.4 Å². The third-order valence-corrected chi connectivity index (χ3v) is 4.29. The summed E-state index contributed by atoms with van der Waals surface area (Å²) in [5.74, 6) is 0. The van der Waals surface area contributed by atoms with Crippen LogP contribution in [0.5, 0.6) is 0 Å². The van der Waals surface area contributed by atoms with Crippen LogP contribution in [0, 0.1) is 11.3 Å². The standard InChI is InChI=1S/C16H18F3N3O2/c1-11(13-4-2-12(10-20)3-5-13)21-14(23)22-8-6-15(24,7-9-22)16(17,18)19/h2-5,11,24H,6-9H2,1H3,(H,21,23). The minimum absolute atomic E-state index is 0.165. The van der Waals surface area contributed by atoms with Gasteiger partial charge in [-0.25, -0.2) is 4.79 Å². The first-order valence-corrected chi connectivity index (χ1v) is 7.51. The highest BCUT2D eigenvalue weighted by atomic mass is 19.4. The molecule has 1 fully saturated rings. The Morgan fingerprint density at radius 1 is 1.33 bits per heavy atom. The molecule has 8 heteroatoms. The number of urea groups is 1. The number of rotatable bonds is 2. The zero-order valence-corrected chi connectivity index (χ0v) is 13.1. The van der Waals surface area contributed by atoms with Gasteiger partial charge in [-0.15, -0.1) is 0 Å². The number of halogens is 3. The fourth-order valence-corrected chi connectivity index (χ4v) is 2.57. The van der Waals surface area contributed by atoms with E-state index in [1.165, 1.54) is 4.90 Å². The van der Waals surface area contributed by atoms with E-state index in [4.69, 9.17) is 5.26 Å². The van der Waals surface area contributed by atoms with Gasteiger partial charge < -0.3 is 15.3 Å². The predicted molar refractivity (Wildman–Crippen MR) is 79.9 cm³/mol. The van der Waals surface area contributed by atoms with Crippen molar-refractivity contribution in [2.24, 2.45) is 0 Å². The molecule has 2 rings (SSSR count). The SMILES string of the molecule is CC(NC(=O)N1CCC(O)(C(F)(F)F)CC1)c1ccc(C#N)cc1. The largest absolute Gasteiger partial charge is 0.417 e. The highest BCUT2D eigenvalue weighted by Crippen LogP contribution is 2.38. The summed E-state index contributed by atoms with van der Waals surface area (Å²) in [5.41, 5.74) is -1.44. The van der Waals surface area contributed by atoms with Crippen LogP contribution in [0.2, 0.25) is 0 Å². The summed E-state index contributed by atoms with van der Waals surface area (Å²) in [6.07, 6.45) is -5.75. The third kappa shape index (κ3) is 3.79. The second-order valence-corrected chi connectivity index (χ2v) is 5.92. The quantitative estimate of drug-likeness (QED) is 0.868. The van der Waals surface area contributed by atoms with Crippen LogP contribution >= 0.6 is 0 Å². The first-order valence-electron chi connectivity index (χ1n) is 7.51. The van der Waals surface area contributed by atoms with Crippen molar-refractivity contribution in [2.45, 2.75) is 37.6 Å². The smallest absolute Gasteiger partial charge is 0.380 e. The van der Waals surface area contributed by atoms with Gasteiger partial charge in [-0.3, -0.25) is 0 Å². The number of hydrogen-bond acceptors (Lipinski definition) is 3. The Hall–Kier alpha value is -2.27. The van der Waals surface area contributed by atoms with Gasteiger partial charge >= 0.3 is 12.2 Å². The number of nitrogens with zero attached hydrogens (tertiary/aromatic N) is 2. The van der Waals surface area contributed by atoms with Crippen LogP contribution in [-0.2, 0) is 0 Å². The summed E-state index contributed by atoms with van der Waals surface area (Å²) in [6, 6.07) is 7.84. The molecule has 1 aromatic rings. The fourth-order valence-electron chi connectivity index (χ4n) is 2.57. The van der Waals surface area contributed by atoms with Crippen molar-refractivity contribution in [3.63, 3.8) is 0 Å². The number of carbonyl (C=O) groups excluding carboxylic acids is 1. The molecule has 0 spiro atoms. The number of hydrogen-bond donors (Lipinski definition) is 2. The van der Waals surface area contributed by atoms with E-state index >= 15 is 0 Å². The predicted octanol–water partition coefficient (Wildman–Crippen LogP) is 2.72. The summed E-state index contributed by atoms with van der Waals surface area (Å²) in [6.45, 7) is 1.42. The Bertz CT molecular complexity index is 629. The van der Waals surface area contributed by atoms with Crippen molar-refractivity contribution in [1.29, 1.82) is 5.26 Å². The molecular formula is C16H18F3N3O2. The van der Waals surface area contributed by atoms with Crippen LogP contribution in [0.3, 0.4) is 0 Å². The van der Waals surface area contributed by atoms with E-state index in [2.05, 4.69) is 5.32 Å². The lowest BCUT2D eigenvalue weighted by Crippen LogP contribution is -2.56. The number of piperidine rings is 1. The van der Waals surface area contributed by atoms with Gasteiger partial charge in [-0.05, 0) is 24.6 Å². The van der Waals surface area contributed by atoms with E-state index in [-0.39, 0.29) is 19.1 Å². The molecule has 1 atom stereocenters. The molecule has 2 N–H and O–H groups in total. The number of alkyl halides is 3. The van der Waals surface area contributed by atoms with Crippen molar-refractivity contribution in [3.05, 3.63) is 35.4 Å². The molecule has 0 aromatic heterocycles. The summed E-state index contributed by atoms with van der Waals surface area (Å²) >= 11 is 0. The second-order valence-electron chi connectivity index (χ2n) is 5.92. The van der Waals surface area contributed by atoms with Crippen LogP contribution in [0.15, 0.2) is 24.3 Å². The first kappa shape index (κ1) is 18.1. The van der Waals surface area contributed by atoms with Crippen LogP contribution in [0.4, 0.5) is 18.0 Å². The maximum absolute atomic E-state index is 12.8. The number of amides is 2. The molecule has 5 nitrogen and oxygen atoms in total. The van der Waals surface area contributed by atoms with Crippen molar-refractivity contribution < 1.29 is 23.1 Å². The lowest BCUT2D eigenvalue weighted by Gasteiger charge is -2.39. The third-order valence-electron chi connectivity index (χ3n) is 4.29. The Balaban J connectivity index is 1.92. The van der Waals surface area contributed by atoms with E-state index in [1.807, 2.05) is 6.07 Å². The highest BCUT2D eigenvalue weighted by Gasteiger charge is 2.54. The van der Waals surface area contributed by atoms with Crippen molar-refractivity contribution >= 4 is 6.03 Å². The lowest BCUT2D eigenvalue weighted by molar-refractivity contribution is -0.271. The zero-order chi connectivity index (χ0) is 18.0. The molecule has 1 aliphatic heterocycles. The van der Waals surface area contributed by atoms with Gasteiger partial charge in [-0.2, -0.15) is 18.4 Å². The highest BCUT2D eigenvalue weighted by molar-refractivity contribution is 5.74. The molecule has 24 heavy (non-hydrogen) atoms. The van der Waals surface area contributed by atoms with Crippen LogP contribution in [0.25, 0.3) is 0 Å². The Morgan fingerprint density at radius 3 is 2.33 bits per heavy atom. The number of benzene rings is 1. The van der Waals surface area contributed by atoms with Gasteiger partial charge in [-0.1, -0.05) is 12.1 Å². The second kappa shape index (κ2) is 6.69. The minimum Gasteiger partial charge on any atom is -0.380 e. The van der Waals surface area contributed by atoms with E-state index < -0.39 is 30.7 Å². The summed E-state index contributed by atoms with van der Waals surface area (Å²) in [4.78, 5) is 13.4. The Kier molecular flexibility index (Phi) is 5.04. The molecule has 2 amide bonds. The average Bonchev–Trinajstić information content (AvgIpc) is 2.54. The minimum atomic E-state index is -4.69. The molecule has 0 saturated carbocycles. The fraction of sp³-hybridized carbons (Fsp3) is 0.500. The molecule has 1 heterocycles. The molecule has 1 unspecified atom stereocenters. The van der Waals surface area contributed by atoms with Gasteiger partial charge in [0.2, 0.25) is 0 Å². The van der Waals surface area contributed by atoms with Gasteiger partial charge in [0.05, 0.1) is 17.7 Å². The van der Waals surface area contributed by atoms with Gasteiger partial charge in [0.15, 0.2) is 5.60 Å². The average molecular weight is 341 g/mol. The number of likely N-dealkylation sites (tertiary alicyclic amines) is 1. The van der Waals surface area contributed by atoms with Crippen molar-refractivity contribution in [2.75, 3.05) is 13.1 Å². The van der Waals surface area contributed by atoms with Crippen LogP contribution in [-0.4, -0.2) is 40.9 Å². The summed E-state index contributed by atoms with van der Waals surface area (Å²) < 4.78 is 38.3. The molecule has 1 aliphatic rings. The maximum atomic E-state index is 12.8. The number of aliphatic hydroxyl groups is 1. The summed E-state index contributed by atoms with van der Waals surface area (Å²) in [7, 11) is 0. The molecule has 1 saturated heterocycles.